The van der Waals surface area contributed by atoms with Gasteiger partial charge in [-0.25, -0.2) is 4.90 Å². The molecule has 3 amide bonds. The van der Waals surface area contributed by atoms with E-state index >= 15 is 0 Å². The van der Waals surface area contributed by atoms with Crippen molar-refractivity contribution in [2.75, 3.05) is 16.8 Å². The lowest BCUT2D eigenvalue weighted by molar-refractivity contribution is -0.383. The highest BCUT2D eigenvalue weighted by Crippen LogP contribution is 2.32. The molecule has 0 aromatic heterocycles. The van der Waals surface area contributed by atoms with Crippen LogP contribution in [0.1, 0.15) is 0 Å². The first-order valence-corrected chi connectivity index (χ1v) is 9.08. The maximum Gasteiger partial charge on any atom is 0.292 e. The van der Waals surface area contributed by atoms with E-state index in [4.69, 9.17) is 11.6 Å². The van der Waals surface area contributed by atoms with Gasteiger partial charge in [-0.1, -0.05) is 29.0 Å². The van der Waals surface area contributed by atoms with Gasteiger partial charge in [0.15, 0.2) is 12.1 Å². The van der Waals surface area contributed by atoms with Crippen molar-refractivity contribution in [3.8, 4) is 0 Å². The summed E-state index contributed by atoms with van der Waals surface area (Å²) < 4.78 is 0. The Bertz CT molecular complexity index is 1090. The molecule has 152 valence electrons. The molecule has 0 unspecified atom stereocenters. The number of hydrogen-bond acceptors (Lipinski definition) is 8. The lowest BCUT2D eigenvalue weighted by Gasteiger charge is -2.20. The summed E-state index contributed by atoms with van der Waals surface area (Å²) in [7, 11) is 0. The molecule has 0 aliphatic carbocycles. The number of nitro groups is 1. The summed E-state index contributed by atoms with van der Waals surface area (Å²) in [4.78, 5) is 49.4. The Kier molecular flexibility index (Phi) is 4.88. The van der Waals surface area contributed by atoms with Crippen molar-refractivity contribution in [3.63, 3.8) is 0 Å². The predicted molar refractivity (Wildman–Crippen MR) is 105 cm³/mol. The number of nitrogens with zero attached hydrogens (tertiary/aromatic N) is 5. The van der Waals surface area contributed by atoms with E-state index < -0.39 is 41.3 Å². The van der Waals surface area contributed by atoms with E-state index in [2.05, 4.69) is 15.7 Å². The van der Waals surface area contributed by atoms with Crippen LogP contribution in [0.15, 0.2) is 58.9 Å². The average Bonchev–Trinajstić information content (AvgIpc) is 3.23. The molecule has 2 aromatic rings. The first-order chi connectivity index (χ1) is 14.4. The lowest BCUT2D eigenvalue weighted by Crippen LogP contribution is -2.43. The summed E-state index contributed by atoms with van der Waals surface area (Å²) in [5.74, 6) is -1.78. The van der Waals surface area contributed by atoms with Gasteiger partial charge in [0.2, 0.25) is 5.91 Å². The van der Waals surface area contributed by atoms with Crippen LogP contribution in [-0.2, 0) is 14.4 Å². The maximum absolute atomic E-state index is 12.9. The van der Waals surface area contributed by atoms with E-state index in [1.165, 1.54) is 36.4 Å². The number of imide groups is 1. The molecule has 2 heterocycles. The summed E-state index contributed by atoms with van der Waals surface area (Å²) in [6.07, 6.45) is 0. The van der Waals surface area contributed by atoms with E-state index in [1.54, 1.807) is 12.1 Å². The number of anilines is 2. The fourth-order valence-electron chi connectivity index (χ4n) is 3.27. The zero-order valence-electron chi connectivity index (χ0n) is 15.1. The first-order valence-electron chi connectivity index (χ1n) is 8.71. The topological polar surface area (TPSA) is 138 Å². The molecule has 0 radical (unpaired) electrons. The fourth-order valence-corrected chi connectivity index (χ4v) is 3.40. The Morgan fingerprint density at radius 3 is 2.53 bits per heavy atom. The number of benzene rings is 2. The van der Waals surface area contributed by atoms with Crippen molar-refractivity contribution in [3.05, 3.63) is 63.7 Å². The van der Waals surface area contributed by atoms with Crippen LogP contribution in [0.3, 0.4) is 0 Å². The molecule has 1 fully saturated rings. The van der Waals surface area contributed by atoms with Crippen LogP contribution >= 0.6 is 11.6 Å². The summed E-state index contributed by atoms with van der Waals surface area (Å²) >= 11 is 5.85. The van der Waals surface area contributed by atoms with E-state index in [1.807, 2.05) is 0 Å². The van der Waals surface area contributed by atoms with E-state index in [0.717, 1.165) is 9.91 Å². The zero-order chi connectivity index (χ0) is 21.4. The molecular formula is C18H13ClN6O5. The van der Waals surface area contributed by atoms with Crippen LogP contribution in [0.25, 0.3) is 0 Å². The second kappa shape index (κ2) is 7.52. The van der Waals surface area contributed by atoms with Gasteiger partial charge in [0.05, 0.1) is 10.6 Å². The second-order valence-electron chi connectivity index (χ2n) is 6.50. The predicted octanol–water partition coefficient (Wildman–Crippen LogP) is 2.18. The molecule has 0 bridgehead atoms. The number of para-hydroxylation sites is 2. The molecule has 1 saturated heterocycles. The molecule has 0 saturated carbocycles. The summed E-state index contributed by atoms with van der Waals surface area (Å²) in [5.41, 5.74) is 0.0768. The highest BCUT2D eigenvalue weighted by atomic mass is 35.5. The highest BCUT2D eigenvalue weighted by Gasteiger charge is 2.55. The van der Waals surface area contributed by atoms with Crippen LogP contribution in [0.5, 0.6) is 0 Å². The van der Waals surface area contributed by atoms with Gasteiger partial charge in [-0.15, -0.1) is 0 Å². The number of carbonyl (C=O) groups excluding carboxylic acids is 3. The third-order valence-corrected chi connectivity index (χ3v) is 4.88. The molecule has 4 rings (SSSR count). The molecule has 0 spiro atoms. The van der Waals surface area contributed by atoms with Crippen LogP contribution in [0.4, 0.5) is 17.1 Å². The number of amides is 3. The second-order valence-corrected chi connectivity index (χ2v) is 6.94. The molecule has 12 heteroatoms. The molecule has 2 aliphatic rings. The molecular weight excluding hydrogens is 416 g/mol. The number of fused-ring (bicyclic) bond motifs is 1. The van der Waals surface area contributed by atoms with Gasteiger partial charge in [0.25, 0.3) is 17.5 Å². The third-order valence-electron chi connectivity index (χ3n) is 4.62. The van der Waals surface area contributed by atoms with Crippen molar-refractivity contribution in [2.45, 2.75) is 12.1 Å². The number of rotatable bonds is 5. The van der Waals surface area contributed by atoms with Crippen LogP contribution < -0.4 is 10.2 Å². The smallest absolute Gasteiger partial charge is 0.292 e. The molecule has 2 aromatic carbocycles. The monoisotopic (exact) mass is 428 g/mol. The van der Waals surface area contributed by atoms with Crippen LogP contribution in [0, 0.1) is 10.1 Å². The van der Waals surface area contributed by atoms with Crippen LogP contribution in [0.2, 0.25) is 5.02 Å². The number of hydrogen-bond donors (Lipinski definition) is 1. The Balaban J connectivity index is 1.50. The minimum Gasteiger partial charge on any atom is -0.319 e. The van der Waals surface area contributed by atoms with Gasteiger partial charge in [-0.2, -0.15) is 5.11 Å². The average molecular weight is 429 g/mol. The normalized spacial score (nSPS) is 19.9. The zero-order valence-corrected chi connectivity index (χ0v) is 15.9. The van der Waals surface area contributed by atoms with Gasteiger partial charge in [-0.05, 0) is 30.3 Å². The van der Waals surface area contributed by atoms with Crippen molar-refractivity contribution >= 4 is 46.4 Å². The SMILES string of the molecule is O=C(CN1N=N[C@@H]2C(=O)N(c3ccc(Cl)cc3)C(=O)[C@H]21)Nc1ccccc1[N+](=O)[O-]. The Labute approximate surface area is 174 Å². The fraction of sp³-hybridized carbons (Fsp3) is 0.167. The lowest BCUT2D eigenvalue weighted by atomic mass is 10.1. The number of halogens is 1. The van der Waals surface area contributed by atoms with E-state index in [9.17, 15) is 24.5 Å². The van der Waals surface area contributed by atoms with Gasteiger partial charge in [0.1, 0.15) is 12.2 Å². The van der Waals surface area contributed by atoms with Gasteiger partial charge < -0.3 is 5.32 Å². The highest BCUT2D eigenvalue weighted by molar-refractivity contribution is 6.31. The summed E-state index contributed by atoms with van der Waals surface area (Å²) in [6, 6.07) is 9.68. The van der Waals surface area contributed by atoms with E-state index in [0.29, 0.717) is 10.7 Å². The maximum atomic E-state index is 12.9. The number of nitro benzene ring substituents is 1. The van der Waals surface area contributed by atoms with Crippen molar-refractivity contribution < 1.29 is 19.3 Å². The number of nitrogens with one attached hydrogen (secondary N) is 1. The van der Waals surface area contributed by atoms with Gasteiger partial charge >= 0.3 is 0 Å². The first kappa shape index (κ1) is 19.5. The van der Waals surface area contributed by atoms with Crippen LogP contribution in [-0.4, -0.2) is 46.3 Å². The Morgan fingerprint density at radius 2 is 1.83 bits per heavy atom. The van der Waals surface area contributed by atoms with Crippen molar-refractivity contribution in [1.29, 1.82) is 0 Å². The third kappa shape index (κ3) is 3.35. The largest absolute Gasteiger partial charge is 0.319 e. The van der Waals surface area contributed by atoms with Gasteiger partial charge in [0, 0.05) is 11.1 Å². The van der Waals surface area contributed by atoms with Crippen molar-refractivity contribution in [2.24, 2.45) is 10.3 Å². The number of carbonyl (C=O) groups is 3. The van der Waals surface area contributed by atoms with Gasteiger partial charge in [-0.3, -0.25) is 29.5 Å². The molecule has 2 aliphatic heterocycles. The van der Waals surface area contributed by atoms with E-state index in [-0.39, 0.29) is 11.4 Å². The Hall–Kier alpha value is -3.86. The van der Waals surface area contributed by atoms with Crippen molar-refractivity contribution in [1.82, 2.24) is 5.01 Å². The Morgan fingerprint density at radius 1 is 1.13 bits per heavy atom. The quantitative estimate of drug-likeness (QED) is 0.440. The minimum atomic E-state index is -1.07. The minimum absolute atomic E-state index is 0.0109. The summed E-state index contributed by atoms with van der Waals surface area (Å²) in [5, 5.41) is 22.7. The summed E-state index contributed by atoms with van der Waals surface area (Å²) in [6.45, 7) is -0.413. The molecule has 11 nitrogen and oxygen atoms in total. The molecule has 1 N–H and O–H groups in total. The molecule has 2 atom stereocenters. The standard InChI is InChI=1S/C18H13ClN6O5/c19-10-5-7-11(8-6-10)24-17(27)15-16(18(24)28)23(22-21-15)9-14(26)20-12-3-1-2-4-13(12)25(29)30/h1-8,15-16H,9H2,(H,20,26)/t15-,16-/m0/s1. The molecule has 30 heavy (non-hydrogen) atoms.